The Labute approximate surface area is 165 Å². The first-order chi connectivity index (χ1) is 13.6. The number of benzene rings is 1. The standard InChI is InChI=1S/C18H24F6N4O/c1-25-16(26-7-6-17(19,20)21)27-12-15(28-8-10-29-11-9-28)13-2-4-14(5-3-13)18(22,23)24/h2-5,15H,6-12H2,1H3,(H2,25,26,27). The van der Waals surface area contributed by atoms with E-state index in [9.17, 15) is 26.3 Å². The maximum absolute atomic E-state index is 12.8. The number of alkyl halides is 6. The molecule has 1 fully saturated rings. The summed E-state index contributed by atoms with van der Waals surface area (Å²) in [4.78, 5) is 5.96. The van der Waals surface area contributed by atoms with Gasteiger partial charge in [-0.25, -0.2) is 0 Å². The van der Waals surface area contributed by atoms with Gasteiger partial charge in [0.15, 0.2) is 5.96 Å². The van der Waals surface area contributed by atoms with Gasteiger partial charge < -0.3 is 15.4 Å². The second-order valence-electron chi connectivity index (χ2n) is 6.53. The van der Waals surface area contributed by atoms with Crippen molar-refractivity contribution in [3.8, 4) is 0 Å². The van der Waals surface area contributed by atoms with Crippen LogP contribution in [0.3, 0.4) is 0 Å². The number of halogens is 6. The summed E-state index contributed by atoms with van der Waals surface area (Å²) in [6.07, 6.45) is -9.70. The van der Waals surface area contributed by atoms with E-state index in [4.69, 9.17) is 4.74 Å². The van der Waals surface area contributed by atoms with Crippen molar-refractivity contribution in [3.63, 3.8) is 0 Å². The largest absolute Gasteiger partial charge is 0.416 e. The highest BCUT2D eigenvalue weighted by Crippen LogP contribution is 2.31. The molecule has 0 spiro atoms. The van der Waals surface area contributed by atoms with Crippen LogP contribution in [-0.2, 0) is 10.9 Å². The Hall–Kier alpha value is -2.01. The molecule has 0 radical (unpaired) electrons. The van der Waals surface area contributed by atoms with Crippen LogP contribution in [0, 0.1) is 0 Å². The number of morpholine rings is 1. The SMILES string of the molecule is CN=C(NCCC(F)(F)F)NCC(c1ccc(C(F)(F)F)cc1)N1CCOCC1. The predicted octanol–water partition coefficient (Wildman–Crippen LogP) is 3.20. The third-order valence-corrected chi connectivity index (χ3v) is 4.50. The Morgan fingerprint density at radius 1 is 1.07 bits per heavy atom. The molecular weight excluding hydrogens is 402 g/mol. The van der Waals surface area contributed by atoms with Crippen molar-refractivity contribution >= 4 is 5.96 Å². The third-order valence-electron chi connectivity index (χ3n) is 4.50. The molecule has 1 unspecified atom stereocenters. The van der Waals surface area contributed by atoms with Crippen molar-refractivity contribution in [2.45, 2.75) is 24.8 Å². The molecule has 1 aromatic carbocycles. The second-order valence-corrected chi connectivity index (χ2v) is 6.53. The number of nitrogens with one attached hydrogen (secondary N) is 2. The average molecular weight is 426 g/mol. The zero-order valence-corrected chi connectivity index (χ0v) is 15.9. The number of hydrogen-bond donors (Lipinski definition) is 2. The van der Waals surface area contributed by atoms with Gasteiger partial charge in [0, 0.05) is 33.2 Å². The fourth-order valence-electron chi connectivity index (χ4n) is 2.98. The molecule has 5 nitrogen and oxygen atoms in total. The van der Waals surface area contributed by atoms with Crippen molar-refractivity contribution in [2.75, 3.05) is 46.4 Å². The van der Waals surface area contributed by atoms with Crippen LogP contribution in [0.25, 0.3) is 0 Å². The van der Waals surface area contributed by atoms with Gasteiger partial charge in [0.25, 0.3) is 0 Å². The molecular formula is C18H24F6N4O. The Morgan fingerprint density at radius 2 is 1.69 bits per heavy atom. The molecule has 1 saturated heterocycles. The lowest BCUT2D eigenvalue weighted by Crippen LogP contribution is -2.46. The Kier molecular flexibility index (Phi) is 8.14. The Bertz CT molecular complexity index is 654. The summed E-state index contributed by atoms with van der Waals surface area (Å²) >= 11 is 0. The summed E-state index contributed by atoms with van der Waals surface area (Å²) in [7, 11) is 1.44. The van der Waals surface area contributed by atoms with E-state index in [-0.39, 0.29) is 25.1 Å². The highest BCUT2D eigenvalue weighted by Gasteiger charge is 2.31. The average Bonchev–Trinajstić information content (AvgIpc) is 2.66. The van der Waals surface area contributed by atoms with Crippen LogP contribution in [0.5, 0.6) is 0 Å². The first-order valence-corrected chi connectivity index (χ1v) is 9.10. The number of nitrogens with zero attached hydrogens (tertiary/aromatic N) is 2. The Morgan fingerprint density at radius 3 is 2.21 bits per heavy atom. The van der Waals surface area contributed by atoms with Crippen molar-refractivity contribution in [1.29, 1.82) is 0 Å². The lowest BCUT2D eigenvalue weighted by molar-refractivity contribution is -0.137. The molecule has 29 heavy (non-hydrogen) atoms. The number of ether oxygens (including phenoxy) is 1. The molecule has 0 bridgehead atoms. The monoisotopic (exact) mass is 426 g/mol. The number of aliphatic imine (C=N–C) groups is 1. The quantitative estimate of drug-likeness (QED) is 0.417. The lowest BCUT2D eigenvalue weighted by Gasteiger charge is -2.35. The van der Waals surface area contributed by atoms with Crippen LogP contribution in [-0.4, -0.2) is 63.5 Å². The van der Waals surface area contributed by atoms with Crippen molar-refractivity contribution < 1.29 is 31.1 Å². The van der Waals surface area contributed by atoms with Gasteiger partial charge in [-0.1, -0.05) is 12.1 Å². The van der Waals surface area contributed by atoms with Crippen molar-refractivity contribution in [3.05, 3.63) is 35.4 Å². The highest BCUT2D eigenvalue weighted by atomic mass is 19.4. The molecule has 2 rings (SSSR count). The van der Waals surface area contributed by atoms with Gasteiger partial charge in [0.1, 0.15) is 0 Å². The molecule has 1 aromatic rings. The van der Waals surface area contributed by atoms with Gasteiger partial charge in [0.05, 0.1) is 31.2 Å². The van der Waals surface area contributed by atoms with Gasteiger partial charge in [0.2, 0.25) is 0 Å². The zero-order chi connectivity index (χ0) is 21.5. The van der Waals surface area contributed by atoms with Crippen LogP contribution in [0.4, 0.5) is 26.3 Å². The summed E-state index contributed by atoms with van der Waals surface area (Å²) in [5.74, 6) is 0.194. The molecule has 2 N–H and O–H groups in total. The van der Waals surface area contributed by atoms with Gasteiger partial charge >= 0.3 is 12.4 Å². The van der Waals surface area contributed by atoms with Crippen LogP contribution in [0.15, 0.2) is 29.3 Å². The minimum atomic E-state index is -4.42. The van der Waals surface area contributed by atoms with Crippen LogP contribution < -0.4 is 10.6 Å². The normalized spacial score (nSPS) is 17.8. The van der Waals surface area contributed by atoms with Crippen LogP contribution >= 0.6 is 0 Å². The molecule has 164 valence electrons. The van der Waals surface area contributed by atoms with E-state index >= 15 is 0 Å². The highest BCUT2D eigenvalue weighted by molar-refractivity contribution is 5.79. The van der Waals surface area contributed by atoms with Crippen molar-refractivity contribution in [1.82, 2.24) is 15.5 Å². The zero-order valence-electron chi connectivity index (χ0n) is 15.9. The van der Waals surface area contributed by atoms with Crippen LogP contribution in [0.1, 0.15) is 23.6 Å². The molecule has 1 heterocycles. The summed E-state index contributed by atoms with van der Waals surface area (Å²) in [5, 5.41) is 5.55. The molecule has 1 aliphatic heterocycles. The van der Waals surface area contributed by atoms with E-state index < -0.39 is 24.3 Å². The minimum Gasteiger partial charge on any atom is -0.379 e. The minimum absolute atomic E-state index is 0.194. The molecule has 0 aromatic heterocycles. The van der Waals surface area contributed by atoms with E-state index in [0.717, 1.165) is 12.1 Å². The van der Waals surface area contributed by atoms with Gasteiger partial charge in [-0.05, 0) is 17.7 Å². The van der Waals surface area contributed by atoms with Gasteiger partial charge in [-0.3, -0.25) is 9.89 Å². The van der Waals surface area contributed by atoms with Gasteiger partial charge in [-0.2, -0.15) is 26.3 Å². The van der Waals surface area contributed by atoms with E-state index in [0.29, 0.717) is 31.9 Å². The van der Waals surface area contributed by atoms with E-state index in [1.807, 2.05) is 0 Å². The van der Waals surface area contributed by atoms with E-state index in [1.165, 1.54) is 19.2 Å². The summed E-state index contributed by atoms with van der Waals surface area (Å²) in [5.41, 5.74) is -0.0716. The second kappa shape index (κ2) is 10.1. The predicted molar refractivity (Wildman–Crippen MR) is 96.6 cm³/mol. The lowest BCUT2D eigenvalue weighted by atomic mass is 10.0. The molecule has 1 aliphatic rings. The molecule has 0 saturated carbocycles. The fraction of sp³-hybridized carbons (Fsp3) is 0.611. The molecule has 0 aliphatic carbocycles. The first-order valence-electron chi connectivity index (χ1n) is 9.10. The van der Waals surface area contributed by atoms with E-state index in [1.54, 1.807) is 0 Å². The van der Waals surface area contributed by atoms with E-state index in [2.05, 4.69) is 20.5 Å². The number of rotatable bonds is 6. The third kappa shape index (κ3) is 7.73. The first kappa shape index (κ1) is 23.3. The Balaban J connectivity index is 2.06. The summed E-state index contributed by atoms with van der Waals surface area (Å²) < 4.78 is 80.7. The molecule has 1 atom stereocenters. The fourth-order valence-corrected chi connectivity index (χ4v) is 2.98. The number of guanidine groups is 1. The van der Waals surface area contributed by atoms with Crippen molar-refractivity contribution in [2.24, 2.45) is 4.99 Å². The molecule has 11 heteroatoms. The van der Waals surface area contributed by atoms with Gasteiger partial charge in [-0.15, -0.1) is 0 Å². The topological polar surface area (TPSA) is 48.9 Å². The maximum Gasteiger partial charge on any atom is 0.416 e. The summed E-state index contributed by atoms with van der Waals surface area (Å²) in [6.45, 7) is 2.11. The summed E-state index contributed by atoms with van der Waals surface area (Å²) in [6, 6.07) is 4.61. The number of hydrogen-bond acceptors (Lipinski definition) is 3. The maximum atomic E-state index is 12.8. The van der Waals surface area contributed by atoms with Crippen LogP contribution in [0.2, 0.25) is 0 Å². The smallest absolute Gasteiger partial charge is 0.379 e. The molecule has 0 amide bonds.